The van der Waals surface area contributed by atoms with Gasteiger partial charge in [0.05, 0.1) is 11.3 Å². The van der Waals surface area contributed by atoms with Gasteiger partial charge in [-0.15, -0.1) is 0 Å². The van der Waals surface area contributed by atoms with Crippen molar-refractivity contribution >= 4 is 17.4 Å². The molecule has 2 rings (SSSR count). The second kappa shape index (κ2) is 2.51. The average Bonchev–Trinajstić information content (AvgIpc) is 2.42. The number of fused-ring (bicyclic) bond motifs is 1. The summed E-state index contributed by atoms with van der Waals surface area (Å²) in [5, 5.41) is 12.8. The third-order valence-electron chi connectivity index (χ3n) is 1.77. The van der Waals surface area contributed by atoms with Gasteiger partial charge in [0.1, 0.15) is 12.0 Å². The van der Waals surface area contributed by atoms with Gasteiger partial charge >= 0.3 is 0 Å². The third-order valence-corrected chi connectivity index (χ3v) is 1.77. The van der Waals surface area contributed by atoms with Crippen molar-refractivity contribution in [3.8, 4) is 0 Å². The summed E-state index contributed by atoms with van der Waals surface area (Å²) in [4.78, 5) is 24.4. The molecule has 0 aromatic carbocycles. The summed E-state index contributed by atoms with van der Waals surface area (Å²) in [6, 6.07) is 1.36. The molecule has 6 heteroatoms. The van der Waals surface area contributed by atoms with E-state index < -0.39 is 4.92 Å². The monoisotopic (exact) mass is 179 g/mol. The first kappa shape index (κ1) is 7.66. The number of nitro groups is 1. The van der Waals surface area contributed by atoms with Gasteiger partial charge in [-0.3, -0.25) is 14.9 Å². The van der Waals surface area contributed by atoms with Crippen molar-refractivity contribution in [2.24, 2.45) is 0 Å². The Hall–Kier alpha value is -1.98. The second-order valence-corrected chi connectivity index (χ2v) is 2.68. The molecule has 0 radical (unpaired) electrons. The Kier molecular flexibility index (Phi) is 1.48. The van der Waals surface area contributed by atoms with Gasteiger partial charge in [-0.25, -0.2) is 4.98 Å². The molecule has 0 unspecified atom stereocenters. The smallest absolute Gasteiger partial charge is 0.288 e. The second-order valence-electron chi connectivity index (χ2n) is 2.68. The minimum Gasteiger partial charge on any atom is -0.310 e. The summed E-state index contributed by atoms with van der Waals surface area (Å²) in [7, 11) is 0. The van der Waals surface area contributed by atoms with Gasteiger partial charge in [0.25, 0.3) is 5.69 Å². The fraction of sp³-hybridized carbons (Fsp3) is 0.143. The van der Waals surface area contributed by atoms with E-state index in [1.807, 2.05) is 0 Å². The van der Waals surface area contributed by atoms with Crippen LogP contribution in [0.2, 0.25) is 0 Å². The molecule has 2 heterocycles. The number of hydrogen-bond acceptors (Lipinski definition) is 4. The number of carbonyl (C=O) groups excluding carboxylic acids is 1. The third kappa shape index (κ3) is 1.22. The number of pyridine rings is 1. The number of aromatic nitrogens is 1. The Morgan fingerprint density at radius 3 is 3.08 bits per heavy atom. The highest BCUT2D eigenvalue weighted by molar-refractivity contribution is 5.98. The number of rotatable bonds is 1. The maximum atomic E-state index is 10.9. The molecule has 0 saturated carbocycles. The molecule has 66 valence electrons. The van der Waals surface area contributed by atoms with Crippen molar-refractivity contribution in [2.45, 2.75) is 6.42 Å². The molecule has 1 aliphatic rings. The van der Waals surface area contributed by atoms with E-state index in [0.717, 1.165) is 6.20 Å². The van der Waals surface area contributed by atoms with Crippen molar-refractivity contribution in [3.63, 3.8) is 0 Å². The first-order chi connectivity index (χ1) is 6.16. The molecule has 0 spiro atoms. The quantitative estimate of drug-likeness (QED) is 0.502. The molecular formula is C7H5N3O3. The van der Waals surface area contributed by atoms with Crippen LogP contribution >= 0.6 is 0 Å². The van der Waals surface area contributed by atoms with Crippen LogP contribution in [0.15, 0.2) is 12.3 Å². The summed E-state index contributed by atoms with van der Waals surface area (Å²) >= 11 is 0. The van der Waals surface area contributed by atoms with E-state index >= 15 is 0 Å². The summed E-state index contributed by atoms with van der Waals surface area (Å²) in [6.45, 7) is 0. The average molecular weight is 179 g/mol. The number of nitrogens with one attached hydrogen (secondary N) is 1. The van der Waals surface area contributed by atoms with Crippen molar-refractivity contribution in [2.75, 3.05) is 5.32 Å². The van der Waals surface area contributed by atoms with Crippen LogP contribution in [0.4, 0.5) is 11.5 Å². The number of amides is 1. The predicted molar refractivity (Wildman–Crippen MR) is 43.2 cm³/mol. The lowest BCUT2D eigenvalue weighted by Gasteiger charge is -1.95. The summed E-state index contributed by atoms with van der Waals surface area (Å²) in [5.74, 6) is 0.249. The van der Waals surface area contributed by atoms with Crippen LogP contribution in [0.3, 0.4) is 0 Å². The highest BCUT2D eigenvalue weighted by atomic mass is 16.6. The molecule has 1 aromatic rings. The lowest BCUT2D eigenvalue weighted by molar-refractivity contribution is -0.385. The van der Waals surface area contributed by atoms with E-state index in [9.17, 15) is 14.9 Å². The zero-order valence-corrected chi connectivity index (χ0v) is 6.48. The molecule has 1 N–H and O–H groups in total. The first-order valence-electron chi connectivity index (χ1n) is 3.60. The van der Waals surface area contributed by atoms with Crippen molar-refractivity contribution in [1.29, 1.82) is 0 Å². The molecule has 1 aromatic heterocycles. The number of carbonyl (C=O) groups is 1. The Bertz CT molecular complexity index is 402. The van der Waals surface area contributed by atoms with Gasteiger partial charge in [-0.05, 0) is 0 Å². The minimum atomic E-state index is -0.532. The molecule has 1 aliphatic heterocycles. The minimum absolute atomic E-state index is 0.0877. The lowest BCUT2D eigenvalue weighted by Crippen LogP contribution is -2.04. The predicted octanol–water partition coefficient (Wildman–Crippen LogP) is 0.484. The van der Waals surface area contributed by atoms with Crippen LogP contribution in [0.5, 0.6) is 0 Å². The fourth-order valence-electron chi connectivity index (χ4n) is 1.19. The van der Waals surface area contributed by atoms with Crippen LogP contribution in [-0.2, 0) is 11.2 Å². The first-order valence-corrected chi connectivity index (χ1v) is 3.60. The Morgan fingerprint density at radius 2 is 2.38 bits per heavy atom. The van der Waals surface area contributed by atoms with Crippen LogP contribution < -0.4 is 5.32 Å². The van der Waals surface area contributed by atoms with Gasteiger partial charge in [-0.2, -0.15) is 0 Å². The maximum Gasteiger partial charge on any atom is 0.288 e. The van der Waals surface area contributed by atoms with Crippen LogP contribution in [0.25, 0.3) is 0 Å². The Balaban J connectivity index is 2.45. The summed E-state index contributed by atoms with van der Waals surface area (Å²) in [6.07, 6.45) is 1.30. The Morgan fingerprint density at radius 1 is 1.62 bits per heavy atom. The highest BCUT2D eigenvalue weighted by Gasteiger charge is 2.21. The molecule has 6 nitrogen and oxygen atoms in total. The number of hydrogen-bond donors (Lipinski definition) is 1. The van der Waals surface area contributed by atoms with Crippen LogP contribution in [0.1, 0.15) is 5.56 Å². The number of anilines is 1. The zero-order valence-electron chi connectivity index (χ0n) is 6.48. The molecule has 0 aliphatic carbocycles. The highest BCUT2D eigenvalue weighted by Crippen LogP contribution is 2.23. The topological polar surface area (TPSA) is 85.1 Å². The standard InChI is InChI=1S/C7H5N3O3/c11-6-2-4-1-5(10(12)13)3-8-7(4)9-6/h1,3H,2H2,(H,8,9,11). The van der Waals surface area contributed by atoms with Crippen LogP contribution in [-0.4, -0.2) is 15.8 Å². The normalized spacial score (nSPS) is 13.7. The molecule has 0 saturated heterocycles. The largest absolute Gasteiger partial charge is 0.310 e. The molecule has 13 heavy (non-hydrogen) atoms. The maximum absolute atomic E-state index is 10.9. The summed E-state index contributed by atoms with van der Waals surface area (Å²) in [5.41, 5.74) is 0.495. The van der Waals surface area contributed by atoms with Crippen molar-refractivity contribution in [1.82, 2.24) is 4.98 Å². The van der Waals surface area contributed by atoms with Gasteiger partial charge in [0, 0.05) is 11.6 Å². The van der Waals surface area contributed by atoms with E-state index in [2.05, 4.69) is 10.3 Å². The Labute approximate surface area is 72.7 Å². The number of nitrogens with zero attached hydrogens (tertiary/aromatic N) is 2. The zero-order chi connectivity index (χ0) is 9.42. The lowest BCUT2D eigenvalue weighted by atomic mass is 10.2. The van der Waals surface area contributed by atoms with Gasteiger partial charge < -0.3 is 5.32 Å². The van der Waals surface area contributed by atoms with E-state index in [-0.39, 0.29) is 18.0 Å². The SMILES string of the molecule is O=C1Cc2cc([N+](=O)[O-])cnc2N1. The van der Waals surface area contributed by atoms with Gasteiger partial charge in [0.2, 0.25) is 5.91 Å². The van der Waals surface area contributed by atoms with Crippen molar-refractivity contribution < 1.29 is 9.72 Å². The van der Waals surface area contributed by atoms with E-state index in [1.165, 1.54) is 6.07 Å². The van der Waals surface area contributed by atoms with E-state index in [0.29, 0.717) is 11.4 Å². The molecule has 0 bridgehead atoms. The van der Waals surface area contributed by atoms with E-state index in [1.54, 1.807) is 0 Å². The molecular weight excluding hydrogens is 174 g/mol. The van der Waals surface area contributed by atoms with Crippen LogP contribution in [0, 0.1) is 10.1 Å². The van der Waals surface area contributed by atoms with Crippen molar-refractivity contribution in [3.05, 3.63) is 27.9 Å². The molecule has 0 fully saturated rings. The van der Waals surface area contributed by atoms with E-state index in [4.69, 9.17) is 0 Å². The summed E-state index contributed by atoms with van der Waals surface area (Å²) < 4.78 is 0. The van der Waals surface area contributed by atoms with Gasteiger partial charge in [-0.1, -0.05) is 0 Å². The molecule has 0 atom stereocenters. The molecule has 1 amide bonds. The van der Waals surface area contributed by atoms with Gasteiger partial charge in [0.15, 0.2) is 0 Å². The fourth-order valence-corrected chi connectivity index (χ4v) is 1.19.